The zero-order chi connectivity index (χ0) is 16.0. The minimum Gasteiger partial charge on any atom is -0.399 e. The first kappa shape index (κ1) is 17.3. The van der Waals surface area contributed by atoms with E-state index >= 15 is 0 Å². The van der Waals surface area contributed by atoms with E-state index in [2.05, 4.69) is 0 Å². The van der Waals surface area contributed by atoms with Crippen LogP contribution in [-0.2, 0) is 11.2 Å². The average molecular weight is 302 g/mol. The van der Waals surface area contributed by atoms with Gasteiger partial charge in [-0.1, -0.05) is 26.0 Å². The van der Waals surface area contributed by atoms with E-state index in [1.165, 1.54) is 0 Å². The molecule has 1 aromatic carbocycles. The molecular formula is C15H21F3N2O. The molecule has 0 saturated heterocycles. The fourth-order valence-electron chi connectivity index (χ4n) is 2.26. The molecule has 0 atom stereocenters. The summed E-state index contributed by atoms with van der Waals surface area (Å²) in [5.41, 5.74) is 6.76. The van der Waals surface area contributed by atoms with Crippen LogP contribution in [0.4, 0.5) is 18.9 Å². The van der Waals surface area contributed by atoms with Gasteiger partial charge in [0.05, 0.1) is 6.42 Å². The van der Waals surface area contributed by atoms with Crippen LogP contribution < -0.4 is 5.73 Å². The van der Waals surface area contributed by atoms with Gasteiger partial charge in [-0.2, -0.15) is 13.2 Å². The lowest BCUT2D eigenvalue weighted by atomic mass is 10.1. The highest BCUT2D eigenvalue weighted by Crippen LogP contribution is 2.21. The summed E-state index contributed by atoms with van der Waals surface area (Å²) in [7, 11) is 0. The number of anilines is 1. The number of benzene rings is 1. The number of nitrogens with two attached hydrogens (primary N) is 1. The van der Waals surface area contributed by atoms with Gasteiger partial charge in [-0.25, -0.2) is 0 Å². The number of nitrogens with zero attached hydrogens (tertiary/aromatic N) is 1. The molecule has 1 rings (SSSR count). The van der Waals surface area contributed by atoms with Gasteiger partial charge in [0.15, 0.2) is 0 Å². The lowest BCUT2D eigenvalue weighted by Gasteiger charge is -2.31. The van der Waals surface area contributed by atoms with Gasteiger partial charge in [-0.05, 0) is 30.5 Å². The SMILES string of the molecule is CCC(CC)N(CC(F)(F)F)C(=O)Cc1ccc(N)cc1. The van der Waals surface area contributed by atoms with Gasteiger partial charge < -0.3 is 10.6 Å². The molecule has 21 heavy (non-hydrogen) atoms. The summed E-state index contributed by atoms with van der Waals surface area (Å²) in [6, 6.07) is 6.19. The van der Waals surface area contributed by atoms with E-state index in [0.717, 1.165) is 4.90 Å². The van der Waals surface area contributed by atoms with E-state index in [0.29, 0.717) is 24.1 Å². The van der Waals surface area contributed by atoms with Crippen molar-refractivity contribution in [1.82, 2.24) is 4.90 Å². The molecule has 0 aliphatic rings. The van der Waals surface area contributed by atoms with Crippen LogP contribution in [0.25, 0.3) is 0 Å². The monoisotopic (exact) mass is 302 g/mol. The van der Waals surface area contributed by atoms with Crippen molar-refractivity contribution < 1.29 is 18.0 Å². The number of hydrogen-bond donors (Lipinski definition) is 1. The normalized spacial score (nSPS) is 11.7. The Labute approximate surface area is 122 Å². The number of amides is 1. The molecule has 118 valence electrons. The molecule has 1 aromatic rings. The summed E-state index contributed by atoms with van der Waals surface area (Å²) in [6.07, 6.45) is -3.44. The first-order valence-electron chi connectivity index (χ1n) is 6.97. The predicted molar refractivity (Wildman–Crippen MR) is 76.7 cm³/mol. The van der Waals surface area contributed by atoms with Crippen LogP contribution in [-0.4, -0.2) is 29.6 Å². The summed E-state index contributed by atoms with van der Waals surface area (Å²) >= 11 is 0. The minimum atomic E-state index is -4.39. The van der Waals surface area contributed by atoms with Gasteiger partial charge in [0, 0.05) is 11.7 Å². The zero-order valence-electron chi connectivity index (χ0n) is 12.3. The van der Waals surface area contributed by atoms with Crippen LogP contribution >= 0.6 is 0 Å². The fourth-order valence-corrected chi connectivity index (χ4v) is 2.26. The Morgan fingerprint density at radius 3 is 2.14 bits per heavy atom. The van der Waals surface area contributed by atoms with Crippen molar-refractivity contribution in [2.24, 2.45) is 0 Å². The third-order valence-corrected chi connectivity index (χ3v) is 3.39. The Morgan fingerprint density at radius 2 is 1.71 bits per heavy atom. The van der Waals surface area contributed by atoms with E-state index in [1.807, 2.05) is 0 Å². The molecule has 0 aliphatic heterocycles. The second-order valence-corrected chi connectivity index (χ2v) is 5.03. The van der Waals surface area contributed by atoms with Crippen molar-refractivity contribution in [2.45, 2.75) is 45.3 Å². The van der Waals surface area contributed by atoms with Crippen molar-refractivity contribution in [3.63, 3.8) is 0 Å². The quantitative estimate of drug-likeness (QED) is 0.819. The summed E-state index contributed by atoms with van der Waals surface area (Å²) in [4.78, 5) is 13.2. The van der Waals surface area contributed by atoms with Gasteiger partial charge in [-0.15, -0.1) is 0 Å². The van der Waals surface area contributed by atoms with Crippen LogP contribution in [0.15, 0.2) is 24.3 Å². The number of hydrogen-bond acceptors (Lipinski definition) is 2. The molecular weight excluding hydrogens is 281 g/mol. The second-order valence-electron chi connectivity index (χ2n) is 5.03. The van der Waals surface area contributed by atoms with Crippen LogP contribution in [0.2, 0.25) is 0 Å². The predicted octanol–water partition coefficient (Wildman–Crippen LogP) is 3.39. The molecule has 1 amide bonds. The smallest absolute Gasteiger partial charge is 0.399 e. The molecule has 0 spiro atoms. The zero-order valence-corrected chi connectivity index (χ0v) is 12.3. The highest BCUT2D eigenvalue weighted by molar-refractivity contribution is 5.79. The van der Waals surface area contributed by atoms with E-state index in [9.17, 15) is 18.0 Å². The maximum atomic E-state index is 12.7. The van der Waals surface area contributed by atoms with E-state index in [1.54, 1.807) is 38.1 Å². The molecule has 0 aliphatic carbocycles. The standard InChI is InChI=1S/C15H21F3N2O/c1-3-13(4-2)20(10-15(16,17)18)14(21)9-11-5-7-12(19)8-6-11/h5-8,13H,3-4,9-10,19H2,1-2H3. The molecule has 0 bridgehead atoms. The van der Waals surface area contributed by atoms with E-state index in [-0.39, 0.29) is 6.42 Å². The molecule has 2 N–H and O–H groups in total. The third kappa shape index (κ3) is 5.65. The lowest BCUT2D eigenvalue weighted by molar-refractivity contribution is -0.165. The second kappa shape index (κ2) is 7.33. The van der Waals surface area contributed by atoms with Gasteiger partial charge in [0.25, 0.3) is 0 Å². The molecule has 0 unspecified atom stereocenters. The van der Waals surface area contributed by atoms with Crippen molar-refractivity contribution >= 4 is 11.6 Å². The topological polar surface area (TPSA) is 46.3 Å². The molecule has 0 fully saturated rings. The molecule has 0 heterocycles. The van der Waals surface area contributed by atoms with Gasteiger partial charge >= 0.3 is 6.18 Å². The summed E-state index contributed by atoms with van der Waals surface area (Å²) < 4.78 is 38.0. The van der Waals surface area contributed by atoms with Crippen LogP contribution in [0.5, 0.6) is 0 Å². The number of halogens is 3. The van der Waals surface area contributed by atoms with Gasteiger partial charge in [0.1, 0.15) is 6.54 Å². The highest BCUT2D eigenvalue weighted by atomic mass is 19.4. The van der Waals surface area contributed by atoms with Gasteiger partial charge in [0.2, 0.25) is 5.91 Å². The maximum Gasteiger partial charge on any atom is 0.406 e. The van der Waals surface area contributed by atoms with Crippen molar-refractivity contribution in [3.05, 3.63) is 29.8 Å². The Morgan fingerprint density at radius 1 is 1.19 bits per heavy atom. The molecule has 0 radical (unpaired) electrons. The Bertz CT molecular complexity index is 453. The van der Waals surface area contributed by atoms with Crippen molar-refractivity contribution in [2.75, 3.05) is 12.3 Å². The number of carbonyl (C=O) groups excluding carboxylic acids is 1. The van der Waals surface area contributed by atoms with Crippen LogP contribution in [0, 0.1) is 0 Å². The largest absolute Gasteiger partial charge is 0.406 e. The third-order valence-electron chi connectivity index (χ3n) is 3.39. The highest BCUT2D eigenvalue weighted by Gasteiger charge is 2.35. The van der Waals surface area contributed by atoms with Crippen LogP contribution in [0.3, 0.4) is 0 Å². The fraction of sp³-hybridized carbons (Fsp3) is 0.533. The number of carbonyl (C=O) groups is 1. The summed E-state index contributed by atoms with van der Waals surface area (Å²) in [5.74, 6) is -0.509. The molecule has 3 nitrogen and oxygen atoms in total. The van der Waals surface area contributed by atoms with Gasteiger partial charge in [-0.3, -0.25) is 4.79 Å². The maximum absolute atomic E-state index is 12.7. The first-order chi connectivity index (χ1) is 9.76. The van der Waals surface area contributed by atoms with Crippen molar-refractivity contribution in [3.8, 4) is 0 Å². The van der Waals surface area contributed by atoms with E-state index in [4.69, 9.17) is 5.73 Å². The minimum absolute atomic E-state index is 0.0488. The molecule has 0 aromatic heterocycles. The summed E-state index contributed by atoms with van der Waals surface area (Å²) in [6.45, 7) is 2.37. The number of rotatable bonds is 6. The molecule has 0 saturated carbocycles. The van der Waals surface area contributed by atoms with E-state index < -0.39 is 24.7 Å². The Balaban J connectivity index is 2.86. The lowest BCUT2D eigenvalue weighted by Crippen LogP contribution is -2.46. The number of nitrogen functional groups attached to an aromatic ring is 1. The van der Waals surface area contributed by atoms with Crippen molar-refractivity contribution in [1.29, 1.82) is 0 Å². The average Bonchev–Trinajstić information content (AvgIpc) is 2.40. The first-order valence-corrected chi connectivity index (χ1v) is 6.97. The number of alkyl halides is 3. The Hall–Kier alpha value is -1.72. The Kier molecular flexibility index (Phi) is 6.05. The molecule has 6 heteroatoms. The summed E-state index contributed by atoms with van der Waals surface area (Å²) in [5, 5.41) is 0. The van der Waals surface area contributed by atoms with Crippen LogP contribution in [0.1, 0.15) is 32.3 Å².